The Morgan fingerprint density at radius 3 is 2.39 bits per heavy atom. The van der Waals surface area contributed by atoms with E-state index in [1.807, 2.05) is 19.1 Å². The average Bonchev–Trinajstić information content (AvgIpc) is 2.60. The van der Waals surface area contributed by atoms with Gasteiger partial charge in [-0.25, -0.2) is 13.8 Å². The van der Waals surface area contributed by atoms with Gasteiger partial charge in [-0.2, -0.15) is 18.3 Å². The minimum absolute atomic E-state index is 0.269. The molecular formula is C18H18F3N3O3S. The Kier molecular flexibility index (Phi) is 6.45. The molecule has 1 N–H and O–H groups in total. The fourth-order valence-electron chi connectivity index (χ4n) is 2.23. The summed E-state index contributed by atoms with van der Waals surface area (Å²) < 4.78 is 63.2. The Morgan fingerprint density at radius 1 is 1.18 bits per heavy atom. The number of nitrogens with one attached hydrogen (secondary N) is 1. The maximum Gasteiger partial charge on any atom is 0.416 e. The van der Waals surface area contributed by atoms with E-state index in [1.54, 1.807) is 12.1 Å². The number of hydrogen-bond donors (Lipinski definition) is 1. The van der Waals surface area contributed by atoms with Gasteiger partial charge in [-0.1, -0.05) is 35.9 Å². The molecule has 0 aliphatic carbocycles. The number of hydrazone groups is 1. The molecule has 2 aromatic rings. The third-order valence-corrected chi connectivity index (χ3v) is 4.77. The van der Waals surface area contributed by atoms with Gasteiger partial charge in [0.2, 0.25) is 10.0 Å². The van der Waals surface area contributed by atoms with E-state index in [2.05, 4.69) is 10.5 Å². The normalized spacial score (nSPS) is 12.2. The topological polar surface area (TPSA) is 78.8 Å². The Balaban J connectivity index is 2.14. The van der Waals surface area contributed by atoms with E-state index >= 15 is 0 Å². The number of nitrogens with zero attached hydrogens (tertiary/aromatic N) is 2. The number of hydrogen-bond acceptors (Lipinski definition) is 4. The quantitative estimate of drug-likeness (QED) is 0.584. The van der Waals surface area contributed by atoms with Gasteiger partial charge in [-0.05, 0) is 30.7 Å². The van der Waals surface area contributed by atoms with E-state index in [9.17, 15) is 26.4 Å². The number of aryl methyl sites for hydroxylation is 1. The number of sulfonamides is 1. The van der Waals surface area contributed by atoms with Crippen LogP contribution in [-0.2, 0) is 21.0 Å². The summed E-state index contributed by atoms with van der Waals surface area (Å²) in [6.45, 7) is 1.20. The molecule has 0 heterocycles. The lowest BCUT2D eigenvalue weighted by atomic mass is 10.2. The van der Waals surface area contributed by atoms with Gasteiger partial charge in [0.05, 0.1) is 23.7 Å². The number of carbonyl (C=O) groups is 1. The van der Waals surface area contributed by atoms with E-state index in [0.29, 0.717) is 15.9 Å². The van der Waals surface area contributed by atoms with Crippen molar-refractivity contribution in [3.8, 4) is 0 Å². The highest BCUT2D eigenvalue weighted by atomic mass is 32.2. The van der Waals surface area contributed by atoms with Gasteiger partial charge in [0.15, 0.2) is 0 Å². The van der Waals surface area contributed by atoms with Crippen molar-refractivity contribution in [3.05, 3.63) is 65.2 Å². The lowest BCUT2D eigenvalue weighted by Gasteiger charge is -2.22. The second-order valence-electron chi connectivity index (χ2n) is 6.02. The zero-order chi connectivity index (χ0) is 20.9. The summed E-state index contributed by atoms with van der Waals surface area (Å²) in [5, 5.41) is 3.73. The van der Waals surface area contributed by atoms with Crippen LogP contribution in [0.1, 0.15) is 16.7 Å². The van der Waals surface area contributed by atoms with Gasteiger partial charge in [-0.15, -0.1) is 0 Å². The van der Waals surface area contributed by atoms with Crippen molar-refractivity contribution < 1.29 is 26.4 Å². The van der Waals surface area contributed by atoms with Crippen LogP contribution in [0.3, 0.4) is 0 Å². The first-order valence-electron chi connectivity index (χ1n) is 8.00. The molecule has 0 fully saturated rings. The molecule has 28 heavy (non-hydrogen) atoms. The zero-order valence-electron chi connectivity index (χ0n) is 15.1. The maximum absolute atomic E-state index is 12.9. The minimum atomic E-state index is -4.64. The Bertz CT molecular complexity index is 972. The average molecular weight is 413 g/mol. The molecule has 2 aromatic carbocycles. The molecule has 6 nitrogen and oxygen atoms in total. The third-order valence-electron chi connectivity index (χ3n) is 3.63. The predicted octanol–water partition coefficient (Wildman–Crippen LogP) is 2.93. The van der Waals surface area contributed by atoms with Crippen LogP contribution in [0.5, 0.6) is 0 Å². The molecule has 150 valence electrons. The molecule has 2 rings (SSSR count). The molecule has 0 spiro atoms. The van der Waals surface area contributed by atoms with Crippen LogP contribution in [0.25, 0.3) is 0 Å². The van der Waals surface area contributed by atoms with Crippen molar-refractivity contribution in [2.45, 2.75) is 13.1 Å². The smallest absolute Gasteiger partial charge is 0.271 e. The third kappa shape index (κ3) is 6.08. The van der Waals surface area contributed by atoms with Crippen molar-refractivity contribution >= 4 is 27.8 Å². The maximum atomic E-state index is 12.9. The summed E-state index contributed by atoms with van der Waals surface area (Å²) in [6.07, 6.45) is -2.47. The van der Waals surface area contributed by atoms with Crippen LogP contribution >= 0.6 is 0 Å². The highest BCUT2D eigenvalue weighted by Gasteiger charge is 2.31. The Morgan fingerprint density at radius 2 is 1.82 bits per heavy atom. The highest BCUT2D eigenvalue weighted by Crippen LogP contribution is 2.32. The fraction of sp³-hybridized carbons (Fsp3) is 0.222. The standard InChI is InChI=1S/C18H18F3N3O3S/c1-13-6-8-14(9-7-13)11-22-23-17(25)12-24(28(2,26)27)16-5-3-4-15(10-16)18(19,20)21/h3-11H,12H2,1-2H3,(H,23,25)/b22-11-. The number of rotatable bonds is 6. The number of benzene rings is 2. The molecule has 0 bridgehead atoms. The van der Waals surface area contributed by atoms with E-state index in [0.717, 1.165) is 24.0 Å². The second kappa shape index (κ2) is 8.42. The number of carbonyl (C=O) groups excluding carboxylic acids is 1. The van der Waals surface area contributed by atoms with Crippen molar-refractivity contribution in [2.24, 2.45) is 5.10 Å². The first-order valence-corrected chi connectivity index (χ1v) is 9.85. The van der Waals surface area contributed by atoms with E-state index in [1.165, 1.54) is 12.3 Å². The van der Waals surface area contributed by atoms with Crippen LogP contribution < -0.4 is 9.73 Å². The molecular weight excluding hydrogens is 395 g/mol. The first-order chi connectivity index (χ1) is 13.0. The van der Waals surface area contributed by atoms with Crippen molar-refractivity contribution in [1.82, 2.24) is 5.43 Å². The lowest BCUT2D eigenvalue weighted by molar-refractivity contribution is -0.137. The summed E-state index contributed by atoms with van der Waals surface area (Å²) in [5.41, 5.74) is 2.64. The molecule has 1 amide bonds. The number of anilines is 1. The van der Waals surface area contributed by atoms with E-state index < -0.39 is 34.2 Å². The Labute approximate surface area is 160 Å². The van der Waals surface area contributed by atoms with Gasteiger partial charge < -0.3 is 0 Å². The van der Waals surface area contributed by atoms with Crippen LogP contribution in [-0.4, -0.2) is 33.3 Å². The summed E-state index contributed by atoms with van der Waals surface area (Å²) in [4.78, 5) is 12.0. The number of alkyl halides is 3. The van der Waals surface area contributed by atoms with Gasteiger partial charge in [0.1, 0.15) is 6.54 Å². The molecule has 10 heteroatoms. The van der Waals surface area contributed by atoms with Gasteiger partial charge in [0, 0.05) is 0 Å². The molecule has 0 aliphatic rings. The summed E-state index contributed by atoms with van der Waals surface area (Å²) in [7, 11) is -4.00. The summed E-state index contributed by atoms with van der Waals surface area (Å²) >= 11 is 0. The fourth-order valence-corrected chi connectivity index (χ4v) is 3.08. The monoisotopic (exact) mass is 413 g/mol. The van der Waals surface area contributed by atoms with Crippen LogP contribution in [0, 0.1) is 6.92 Å². The number of amides is 1. The SMILES string of the molecule is Cc1ccc(/C=N\NC(=O)CN(c2cccc(C(F)(F)F)c2)S(C)(=O)=O)cc1. The largest absolute Gasteiger partial charge is 0.416 e. The van der Waals surface area contributed by atoms with Crippen LogP contribution in [0.2, 0.25) is 0 Å². The van der Waals surface area contributed by atoms with Gasteiger partial charge in [0.25, 0.3) is 5.91 Å². The molecule has 0 saturated carbocycles. The highest BCUT2D eigenvalue weighted by molar-refractivity contribution is 7.92. The van der Waals surface area contributed by atoms with Gasteiger partial charge in [-0.3, -0.25) is 9.10 Å². The molecule has 0 radical (unpaired) electrons. The van der Waals surface area contributed by atoms with Gasteiger partial charge >= 0.3 is 6.18 Å². The van der Waals surface area contributed by atoms with Crippen LogP contribution in [0.15, 0.2) is 53.6 Å². The zero-order valence-corrected chi connectivity index (χ0v) is 15.9. The second-order valence-corrected chi connectivity index (χ2v) is 7.93. The molecule has 0 saturated heterocycles. The van der Waals surface area contributed by atoms with Crippen molar-refractivity contribution in [1.29, 1.82) is 0 Å². The molecule has 0 atom stereocenters. The van der Waals surface area contributed by atoms with Crippen molar-refractivity contribution in [2.75, 3.05) is 17.1 Å². The van der Waals surface area contributed by atoms with E-state index in [-0.39, 0.29) is 5.69 Å². The van der Waals surface area contributed by atoms with E-state index in [4.69, 9.17) is 0 Å². The molecule has 0 aromatic heterocycles. The number of halogens is 3. The molecule has 0 aliphatic heterocycles. The summed E-state index contributed by atoms with van der Waals surface area (Å²) in [6, 6.07) is 11.0. The first kappa shape index (κ1) is 21.4. The summed E-state index contributed by atoms with van der Waals surface area (Å²) in [5.74, 6) is -0.800. The molecule has 0 unspecified atom stereocenters. The predicted molar refractivity (Wildman–Crippen MR) is 101 cm³/mol. The van der Waals surface area contributed by atoms with Crippen molar-refractivity contribution in [3.63, 3.8) is 0 Å². The Hall–Kier alpha value is -2.88. The minimum Gasteiger partial charge on any atom is -0.271 e. The van der Waals surface area contributed by atoms with Crippen LogP contribution in [0.4, 0.5) is 18.9 Å². The lowest BCUT2D eigenvalue weighted by Crippen LogP contribution is -2.39.